The first-order chi connectivity index (χ1) is 9.40. The molecule has 0 spiro atoms. The second-order valence-corrected chi connectivity index (χ2v) is 5.77. The van der Waals surface area contributed by atoms with Crippen LogP contribution in [0.1, 0.15) is 23.7 Å². The van der Waals surface area contributed by atoms with Crippen LogP contribution in [0.3, 0.4) is 0 Å². The van der Waals surface area contributed by atoms with Crippen molar-refractivity contribution in [3.63, 3.8) is 0 Å². The average molecular weight is 275 g/mol. The van der Waals surface area contributed by atoms with Gasteiger partial charge in [-0.25, -0.2) is 0 Å². The van der Waals surface area contributed by atoms with E-state index >= 15 is 0 Å². The first-order valence-corrected chi connectivity index (χ1v) is 7.31. The zero-order valence-electron chi connectivity index (χ0n) is 10.2. The molecule has 3 heterocycles. The van der Waals surface area contributed by atoms with Crippen molar-refractivity contribution in [2.24, 2.45) is 0 Å². The van der Waals surface area contributed by atoms with Crippen LogP contribution in [0, 0.1) is 0 Å². The Hall–Kier alpha value is -1.53. The summed E-state index contributed by atoms with van der Waals surface area (Å²) in [5.41, 5.74) is 0. The standard InChI is InChI=1S/C13H13N3O2S/c1-2-4-11-9(3-1)17-10(7-19-11)12-15-13(18-16-12)8-5-14-6-8/h1-4,8,10,14H,5-7H2. The molecule has 0 radical (unpaired) electrons. The van der Waals surface area contributed by atoms with E-state index in [1.54, 1.807) is 11.8 Å². The largest absolute Gasteiger partial charge is 0.480 e. The Labute approximate surface area is 114 Å². The van der Waals surface area contributed by atoms with Gasteiger partial charge in [-0.15, -0.1) is 11.8 Å². The van der Waals surface area contributed by atoms with Gasteiger partial charge in [0.2, 0.25) is 11.7 Å². The Morgan fingerprint density at radius 3 is 3.00 bits per heavy atom. The molecule has 0 bridgehead atoms. The number of rotatable bonds is 2. The fourth-order valence-corrected chi connectivity index (χ4v) is 3.14. The van der Waals surface area contributed by atoms with Gasteiger partial charge in [0.1, 0.15) is 5.75 Å². The van der Waals surface area contributed by atoms with E-state index in [1.165, 1.54) is 4.90 Å². The Balaban J connectivity index is 1.55. The molecule has 1 atom stereocenters. The lowest BCUT2D eigenvalue weighted by Crippen LogP contribution is -2.40. The zero-order chi connectivity index (χ0) is 12.7. The van der Waals surface area contributed by atoms with E-state index in [4.69, 9.17) is 9.26 Å². The fourth-order valence-electron chi connectivity index (χ4n) is 2.15. The predicted molar refractivity (Wildman–Crippen MR) is 70.4 cm³/mol. The lowest BCUT2D eigenvalue weighted by atomic mass is 10.0. The molecule has 98 valence electrons. The molecule has 6 heteroatoms. The van der Waals surface area contributed by atoms with Gasteiger partial charge in [-0.2, -0.15) is 4.98 Å². The third kappa shape index (κ3) is 2.01. The van der Waals surface area contributed by atoms with Crippen molar-refractivity contribution in [1.29, 1.82) is 0 Å². The maximum atomic E-state index is 5.94. The number of benzene rings is 1. The summed E-state index contributed by atoms with van der Waals surface area (Å²) in [5.74, 6) is 3.47. The summed E-state index contributed by atoms with van der Waals surface area (Å²) < 4.78 is 11.3. The maximum absolute atomic E-state index is 5.94. The van der Waals surface area contributed by atoms with E-state index in [0.29, 0.717) is 11.7 Å². The number of aromatic nitrogens is 2. The summed E-state index contributed by atoms with van der Waals surface area (Å²) in [7, 11) is 0. The molecular weight excluding hydrogens is 262 g/mol. The number of nitrogens with zero attached hydrogens (tertiary/aromatic N) is 2. The van der Waals surface area contributed by atoms with Crippen molar-refractivity contribution < 1.29 is 9.26 Å². The third-order valence-corrected chi connectivity index (χ3v) is 4.50. The first-order valence-electron chi connectivity index (χ1n) is 6.33. The third-order valence-electron chi connectivity index (χ3n) is 3.38. The monoisotopic (exact) mass is 275 g/mol. The predicted octanol–water partition coefficient (Wildman–Crippen LogP) is 1.98. The number of hydrogen-bond acceptors (Lipinski definition) is 6. The van der Waals surface area contributed by atoms with Gasteiger partial charge in [-0.3, -0.25) is 0 Å². The summed E-state index contributed by atoms with van der Waals surface area (Å²) >= 11 is 1.77. The van der Waals surface area contributed by atoms with Gasteiger partial charge in [0.15, 0.2) is 6.10 Å². The van der Waals surface area contributed by atoms with Gasteiger partial charge in [-0.1, -0.05) is 17.3 Å². The highest BCUT2D eigenvalue weighted by molar-refractivity contribution is 7.99. The van der Waals surface area contributed by atoms with Crippen molar-refractivity contribution in [2.45, 2.75) is 16.9 Å². The van der Waals surface area contributed by atoms with E-state index < -0.39 is 0 Å². The minimum absolute atomic E-state index is 0.120. The fraction of sp³-hybridized carbons (Fsp3) is 0.385. The van der Waals surface area contributed by atoms with Crippen LogP contribution in [0.15, 0.2) is 33.7 Å². The zero-order valence-corrected chi connectivity index (χ0v) is 11.0. The van der Waals surface area contributed by atoms with Crippen LogP contribution in [0.25, 0.3) is 0 Å². The molecule has 1 aromatic carbocycles. The molecule has 2 aliphatic rings. The second-order valence-electron chi connectivity index (χ2n) is 4.71. The molecule has 1 fully saturated rings. The van der Waals surface area contributed by atoms with Crippen molar-refractivity contribution in [3.8, 4) is 5.75 Å². The van der Waals surface area contributed by atoms with E-state index in [9.17, 15) is 0 Å². The second kappa shape index (κ2) is 4.54. The molecule has 1 unspecified atom stereocenters. The number of ether oxygens (including phenoxy) is 1. The quantitative estimate of drug-likeness (QED) is 0.904. The van der Waals surface area contributed by atoms with Gasteiger partial charge in [0, 0.05) is 23.7 Å². The van der Waals surface area contributed by atoms with E-state index in [1.807, 2.05) is 18.2 Å². The van der Waals surface area contributed by atoms with Crippen LogP contribution in [0.2, 0.25) is 0 Å². The minimum atomic E-state index is -0.120. The van der Waals surface area contributed by atoms with Crippen LogP contribution in [0.5, 0.6) is 5.75 Å². The Morgan fingerprint density at radius 2 is 2.16 bits per heavy atom. The number of nitrogens with one attached hydrogen (secondary N) is 1. The normalized spacial score (nSPS) is 22.4. The van der Waals surface area contributed by atoms with Crippen LogP contribution in [0.4, 0.5) is 0 Å². The van der Waals surface area contributed by atoms with E-state index in [-0.39, 0.29) is 6.10 Å². The molecule has 2 aromatic rings. The molecule has 0 aliphatic carbocycles. The first kappa shape index (κ1) is 11.3. The molecule has 0 saturated carbocycles. The summed E-state index contributed by atoms with van der Waals surface area (Å²) in [4.78, 5) is 5.64. The number of hydrogen-bond donors (Lipinski definition) is 1. The van der Waals surface area contributed by atoms with Crippen molar-refractivity contribution in [3.05, 3.63) is 36.0 Å². The number of thioether (sulfide) groups is 1. The van der Waals surface area contributed by atoms with Crippen LogP contribution >= 0.6 is 11.8 Å². The lowest BCUT2D eigenvalue weighted by Gasteiger charge is -2.24. The SMILES string of the molecule is c1ccc2c(c1)OC(c1noc(C3CNC3)n1)CS2. The molecule has 0 amide bonds. The Kier molecular flexibility index (Phi) is 2.70. The van der Waals surface area contributed by atoms with E-state index in [0.717, 1.165) is 30.5 Å². The highest BCUT2D eigenvalue weighted by atomic mass is 32.2. The molecule has 1 N–H and O–H groups in total. The molecule has 2 aliphatic heterocycles. The molecule has 1 saturated heterocycles. The summed E-state index contributed by atoms with van der Waals surface area (Å²) in [6.45, 7) is 1.84. The van der Waals surface area contributed by atoms with Gasteiger partial charge in [-0.05, 0) is 12.1 Å². The molecule has 4 rings (SSSR count). The van der Waals surface area contributed by atoms with Gasteiger partial charge in [0.25, 0.3) is 0 Å². The van der Waals surface area contributed by atoms with Crippen LogP contribution in [-0.2, 0) is 0 Å². The van der Waals surface area contributed by atoms with Gasteiger partial charge < -0.3 is 14.6 Å². The number of para-hydroxylation sites is 1. The van der Waals surface area contributed by atoms with Gasteiger partial charge >= 0.3 is 0 Å². The Bertz CT molecular complexity index is 597. The molecule has 1 aromatic heterocycles. The van der Waals surface area contributed by atoms with Crippen molar-refractivity contribution in [2.75, 3.05) is 18.8 Å². The van der Waals surface area contributed by atoms with Crippen molar-refractivity contribution >= 4 is 11.8 Å². The lowest BCUT2D eigenvalue weighted by molar-refractivity contribution is 0.204. The highest BCUT2D eigenvalue weighted by Crippen LogP contribution is 2.39. The Morgan fingerprint density at radius 1 is 1.26 bits per heavy atom. The topological polar surface area (TPSA) is 60.2 Å². The smallest absolute Gasteiger partial charge is 0.232 e. The summed E-state index contributed by atoms with van der Waals surface area (Å²) in [5, 5.41) is 7.26. The highest BCUT2D eigenvalue weighted by Gasteiger charge is 2.29. The van der Waals surface area contributed by atoms with Crippen molar-refractivity contribution in [1.82, 2.24) is 15.5 Å². The molecular formula is C13H13N3O2S. The number of fused-ring (bicyclic) bond motifs is 1. The summed E-state index contributed by atoms with van der Waals surface area (Å²) in [6, 6.07) is 8.04. The van der Waals surface area contributed by atoms with Crippen LogP contribution < -0.4 is 10.1 Å². The van der Waals surface area contributed by atoms with Crippen LogP contribution in [-0.4, -0.2) is 29.0 Å². The maximum Gasteiger partial charge on any atom is 0.232 e. The summed E-state index contributed by atoms with van der Waals surface area (Å²) in [6.07, 6.45) is -0.120. The van der Waals surface area contributed by atoms with Gasteiger partial charge in [0.05, 0.1) is 5.92 Å². The molecule has 5 nitrogen and oxygen atoms in total. The minimum Gasteiger partial charge on any atom is -0.480 e. The molecule has 19 heavy (non-hydrogen) atoms. The average Bonchev–Trinajstić information content (AvgIpc) is 2.85. The van der Waals surface area contributed by atoms with E-state index in [2.05, 4.69) is 21.5 Å².